The molecule has 1 saturated heterocycles. The third-order valence-electron chi connectivity index (χ3n) is 3.51. The zero-order chi connectivity index (χ0) is 12.4. The number of hydrogen-bond donors (Lipinski definition) is 1. The van der Waals surface area contributed by atoms with Gasteiger partial charge in [-0.25, -0.2) is 4.98 Å². The molecule has 2 heterocycles. The average Bonchev–Trinajstić information content (AvgIpc) is 2.90. The Balaban J connectivity index is 1.93. The van der Waals surface area contributed by atoms with Gasteiger partial charge in [-0.2, -0.15) is 0 Å². The minimum atomic E-state index is 0.555. The summed E-state index contributed by atoms with van der Waals surface area (Å²) in [6.07, 6.45) is 6.21. The molecular formula is C14H16ClN3. The number of nitrogens with one attached hydrogen (secondary N) is 1. The zero-order valence-corrected chi connectivity index (χ0v) is 10.9. The minimum absolute atomic E-state index is 0.555. The van der Waals surface area contributed by atoms with E-state index in [0.29, 0.717) is 6.04 Å². The lowest BCUT2D eigenvalue weighted by atomic mass is 10.1. The number of imidazole rings is 1. The van der Waals surface area contributed by atoms with Crippen LogP contribution in [0.2, 0.25) is 5.02 Å². The van der Waals surface area contributed by atoms with Gasteiger partial charge >= 0.3 is 0 Å². The van der Waals surface area contributed by atoms with Crippen LogP contribution in [0.3, 0.4) is 0 Å². The Morgan fingerprint density at radius 2 is 1.89 bits per heavy atom. The van der Waals surface area contributed by atoms with E-state index in [1.54, 1.807) is 0 Å². The predicted octanol–water partition coefficient (Wildman–Crippen LogP) is 3.13. The number of hydrogen-bond acceptors (Lipinski definition) is 2. The van der Waals surface area contributed by atoms with Crippen LogP contribution in [-0.4, -0.2) is 22.6 Å². The number of halogens is 1. The molecule has 1 aliphatic rings. The molecule has 3 nitrogen and oxygen atoms in total. The maximum absolute atomic E-state index is 5.93. The van der Waals surface area contributed by atoms with E-state index in [-0.39, 0.29) is 0 Å². The number of nitrogens with zero attached hydrogens (tertiary/aromatic N) is 2. The topological polar surface area (TPSA) is 29.9 Å². The van der Waals surface area contributed by atoms with Crippen molar-refractivity contribution < 1.29 is 0 Å². The van der Waals surface area contributed by atoms with Crippen molar-refractivity contribution in [3.05, 3.63) is 41.8 Å². The molecule has 4 heteroatoms. The lowest BCUT2D eigenvalue weighted by Crippen LogP contribution is -2.29. The molecule has 1 fully saturated rings. The first kappa shape index (κ1) is 11.8. The van der Waals surface area contributed by atoms with Crippen LogP contribution in [0.25, 0.3) is 11.3 Å². The molecule has 0 saturated carbocycles. The monoisotopic (exact) mass is 261 g/mol. The van der Waals surface area contributed by atoms with Crippen molar-refractivity contribution in [1.82, 2.24) is 14.9 Å². The van der Waals surface area contributed by atoms with Crippen LogP contribution in [0.4, 0.5) is 0 Å². The third-order valence-corrected chi connectivity index (χ3v) is 3.76. The lowest BCUT2D eigenvalue weighted by molar-refractivity contribution is 0.370. The smallest absolute Gasteiger partial charge is 0.0953 e. The van der Waals surface area contributed by atoms with E-state index in [2.05, 4.69) is 27.0 Å². The summed E-state index contributed by atoms with van der Waals surface area (Å²) >= 11 is 5.93. The number of piperidine rings is 1. The molecule has 0 amide bonds. The molecule has 0 radical (unpaired) electrons. The predicted molar refractivity (Wildman–Crippen MR) is 73.8 cm³/mol. The Kier molecular flexibility index (Phi) is 3.35. The van der Waals surface area contributed by atoms with E-state index in [9.17, 15) is 0 Å². The van der Waals surface area contributed by atoms with E-state index in [1.807, 2.05) is 24.7 Å². The average molecular weight is 262 g/mol. The van der Waals surface area contributed by atoms with Gasteiger partial charge < -0.3 is 9.88 Å². The summed E-state index contributed by atoms with van der Waals surface area (Å²) in [5.74, 6) is 0. The second-order valence-electron chi connectivity index (χ2n) is 4.67. The fourth-order valence-corrected chi connectivity index (χ4v) is 2.65. The molecule has 3 rings (SSSR count). The second-order valence-corrected chi connectivity index (χ2v) is 5.11. The van der Waals surface area contributed by atoms with Gasteiger partial charge in [0.25, 0.3) is 0 Å². The maximum atomic E-state index is 5.93. The van der Waals surface area contributed by atoms with Gasteiger partial charge in [0.2, 0.25) is 0 Å². The largest absolute Gasteiger partial charge is 0.327 e. The van der Waals surface area contributed by atoms with E-state index in [4.69, 9.17) is 11.6 Å². The molecule has 1 aromatic carbocycles. The highest BCUT2D eigenvalue weighted by Crippen LogP contribution is 2.27. The summed E-state index contributed by atoms with van der Waals surface area (Å²) in [5.41, 5.74) is 2.36. The van der Waals surface area contributed by atoms with Crippen molar-refractivity contribution in [1.29, 1.82) is 0 Å². The summed E-state index contributed by atoms with van der Waals surface area (Å²) in [7, 11) is 0. The van der Waals surface area contributed by atoms with Crippen LogP contribution in [0.1, 0.15) is 18.9 Å². The Morgan fingerprint density at radius 1 is 1.17 bits per heavy atom. The van der Waals surface area contributed by atoms with E-state index in [1.165, 1.54) is 11.3 Å². The minimum Gasteiger partial charge on any atom is -0.327 e. The zero-order valence-electron chi connectivity index (χ0n) is 10.1. The van der Waals surface area contributed by atoms with Crippen molar-refractivity contribution in [2.75, 3.05) is 13.1 Å². The highest BCUT2D eigenvalue weighted by Gasteiger charge is 2.17. The van der Waals surface area contributed by atoms with Gasteiger partial charge in [-0.15, -0.1) is 0 Å². The summed E-state index contributed by atoms with van der Waals surface area (Å²) < 4.78 is 2.30. The molecule has 0 atom stereocenters. The summed E-state index contributed by atoms with van der Waals surface area (Å²) in [5, 5.41) is 4.16. The molecule has 0 spiro atoms. The van der Waals surface area contributed by atoms with E-state index >= 15 is 0 Å². The first-order valence-electron chi connectivity index (χ1n) is 6.33. The van der Waals surface area contributed by atoms with Crippen LogP contribution >= 0.6 is 11.6 Å². The molecule has 1 aliphatic heterocycles. The SMILES string of the molecule is Clc1ccc(-c2cncn2C2CCNCC2)cc1. The van der Waals surface area contributed by atoms with Crippen LogP contribution in [-0.2, 0) is 0 Å². The molecule has 2 aromatic rings. The fourth-order valence-electron chi connectivity index (χ4n) is 2.52. The van der Waals surface area contributed by atoms with Gasteiger partial charge in [0.05, 0.1) is 18.2 Å². The number of rotatable bonds is 2. The number of aromatic nitrogens is 2. The quantitative estimate of drug-likeness (QED) is 0.900. The summed E-state index contributed by atoms with van der Waals surface area (Å²) in [6.45, 7) is 2.17. The van der Waals surface area contributed by atoms with E-state index in [0.717, 1.165) is 31.0 Å². The lowest BCUT2D eigenvalue weighted by Gasteiger charge is -2.25. The van der Waals surface area contributed by atoms with Crippen molar-refractivity contribution in [2.45, 2.75) is 18.9 Å². The summed E-state index contributed by atoms with van der Waals surface area (Å²) in [6, 6.07) is 8.51. The van der Waals surface area contributed by atoms with Crippen LogP contribution in [0.5, 0.6) is 0 Å². The fraction of sp³-hybridized carbons (Fsp3) is 0.357. The maximum Gasteiger partial charge on any atom is 0.0953 e. The Labute approximate surface area is 112 Å². The highest BCUT2D eigenvalue weighted by atomic mass is 35.5. The standard InChI is InChI=1S/C14H16ClN3/c15-12-3-1-11(2-4-12)14-9-17-10-18(14)13-5-7-16-8-6-13/h1-4,9-10,13,16H,5-8H2. The molecule has 0 unspecified atom stereocenters. The van der Waals surface area contributed by atoms with Crippen LogP contribution in [0.15, 0.2) is 36.8 Å². The van der Waals surface area contributed by atoms with Gasteiger partial charge in [0.1, 0.15) is 0 Å². The van der Waals surface area contributed by atoms with Gasteiger partial charge in [-0.3, -0.25) is 0 Å². The van der Waals surface area contributed by atoms with Crippen molar-refractivity contribution in [3.63, 3.8) is 0 Å². The third kappa shape index (κ3) is 2.28. The van der Waals surface area contributed by atoms with Crippen molar-refractivity contribution >= 4 is 11.6 Å². The number of benzene rings is 1. The molecular weight excluding hydrogens is 246 g/mol. The first-order valence-corrected chi connectivity index (χ1v) is 6.71. The van der Waals surface area contributed by atoms with Gasteiger partial charge in [0, 0.05) is 11.1 Å². The van der Waals surface area contributed by atoms with Crippen LogP contribution < -0.4 is 5.32 Å². The Morgan fingerprint density at radius 3 is 2.61 bits per heavy atom. The van der Waals surface area contributed by atoms with Gasteiger partial charge in [-0.1, -0.05) is 23.7 Å². The molecule has 0 bridgehead atoms. The first-order chi connectivity index (χ1) is 8.84. The van der Waals surface area contributed by atoms with Crippen molar-refractivity contribution in [2.24, 2.45) is 0 Å². The molecule has 1 aromatic heterocycles. The van der Waals surface area contributed by atoms with Gasteiger partial charge in [-0.05, 0) is 43.6 Å². The summed E-state index contributed by atoms with van der Waals surface area (Å²) in [4.78, 5) is 4.31. The normalized spacial score (nSPS) is 16.9. The van der Waals surface area contributed by atoms with Gasteiger partial charge in [0.15, 0.2) is 0 Å². The molecule has 94 valence electrons. The van der Waals surface area contributed by atoms with E-state index < -0.39 is 0 Å². The highest BCUT2D eigenvalue weighted by molar-refractivity contribution is 6.30. The Bertz CT molecular complexity index is 512. The Hall–Kier alpha value is -1.32. The molecule has 0 aliphatic carbocycles. The van der Waals surface area contributed by atoms with Crippen LogP contribution in [0, 0.1) is 0 Å². The molecule has 1 N–H and O–H groups in total. The second kappa shape index (κ2) is 5.12. The van der Waals surface area contributed by atoms with Crippen molar-refractivity contribution in [3.8, 4) is 11.3 Å². The molecule has 18 heavy (non-hydrogen) atoms.